The molecule has 2 amide bonds. The van der Waals surface area contributed by atoms with Gasteiger partial charge in [0.1, 0.15) is 18.5 Å². The van der Waals surface area contributed by atoms with Crippen LogP contribution >= 0.6 is 0 Å². The minimum absolute atomic E-state index is 0.0425. The Kier molecular flexibility index (Phi) is 2.72. The molecule has 1 aromatic rings. The zero-order chi connectivity index (χ0) is 11.5. The molecule has 84 valence electrons. The Hall–Kier alpha value is -2.11. The molecule has 1 aromatic carbocycles. The average molecular weight is 224 g/mol. The fourth-order valence-electron chi connectivity index (χ4n) is 1.31. The second-order valence-electron chi connectivity index (χ2n) is 3.26. The predicted octanol–water partition coefficient (Wildman–Crippen LogP) is 0.873. The van der Waals surface area contributed by atoms with Crippen molar-refractivity contribution in [2.75, 3.05) is 11.9 Å². The number of rotatable bonds is 2. The van der Waals surface area contributed by atoms with Crippen LogP contribution in [0.3, 0.4) is 0 Å². The van der Waals surface area contributed by atoms with Gasteiger partial charge < -0.3 is 15.4 Å². The molecule has 1 unspecified atom stereocenters. The molecule has 1 aliphatic rings. The third-order valence-electron chi connectivity index (χ3n) is 2.12. The van der Waals surface area contributed by atoms with Crippen molar-refractivity contribution in [1.29, 1.82) is 0 Å². The van der Waals surface area contributed by atoms with Gasteiger partial charge in [0.25, 0.3) is 5.91 Å². The first kappa shape index (κ1) is 10.4. The smallest absolute Gasteiger partial charge is 0.407 e. The first-order chi connectivity index (χ1) is 7.66. The minimum atomic E-state index is -0.771. The molecule has 0 saturated carbocycles. The number of anilines is 1. The fourth-order valence-corrected chi connectivity index (χ4v) is 1.31. The zero-order valence-corrected chi connectivity index (χ0v) is 8.20. The molecule has 1 saturated heterocycles. The van der Waals surface area contributed by atoms with Gasteiger partial charge >= 0.3 is 6.09 Å². The van der Waals surface area contributed by atoms with Crippen molar-refractivity contribution in [3.8, 4) is 0 Å². The van der Waals surface area contributed by atoms with Crippen molar-refractivity contribution >= 4 is 17.7 Å². The number of hydrogen-bond donors (Lipinski definition) is 2. The van der Waals surface area contributed by atoms with E-state index >= 15 is 0 Å². The molecular formula is C10H9FN2O3. The van der Waals surface area contributed by atoms with Crippen molar-refractivity contribution in [3.63, 3.8) is 0 Å². The Morgan fingerprint density at radius 1 is 1.50 bits per heavy atom. The van der Waals surface area contributed by atoms with E-state index in [1.54, 1.807) is 6.07 Å². The van der Waals surface area contributed by atoms with Crippen molar-refractivity contribution in [2.24, 2.45) is 0 Å². The molecule has 1 aliphatic heterocycles. The second-order valence-corrected chi connectivity index (χ2v) is 3.26. The Bertz CT molecular complexity index is 436. The van der Waals surface area contributed by atoms with Gasteiger partial charge in [0, 0.05) is 0 Å². The third kappa shape index (κ3) is 2.10. The van der Waals surface area contributed by atoms with E-state index in [0.29, 0.717) is 0 Å². The van der Waals surface area contributed by atoms with Crippen molar-refractivity contribution in [1.82, 2.24) is 5.32 Å². The third-order valence-corrected chi connectivity index (χ3v) is 2.12. The topological polar surface area (TPSA) is 67.4 Å². The van der Waals surface area contributed by atoms with Gasteiger partial charge in [0.05, 0.1) is 5.69 Å². The Morgan fingerprint density at radius 3 is 2.88 bits per heavy atom. The molecule has 1 atom stereocenters. The summed E-state index contributed by atoms with van der Waals surface area (Å²) in [7, 11) is 0. The van der Waals surface area contributed by atoms with Crippen molar-refractivity contribution in [2.45, 2.75) is 6.04 Å². The van der Waals surface area contributed by atoms with E-state index in [9.17, 15) is 14.0 Å². The average Bonchev–Trinajstić information content (AvgIpc) is 2.68. The minimum Gasteiger partial charge on any atom is -0.447 e. The summed E-state index contributed by atoms with van der Waals surface area (Å²) in [4.78, 5) is 22.2. The number of carbonyl (C=O) groups is 2. The lowest BCUT2D eigenvalue weighted by Gasteiger charge is -2.09. The van der Waals surface area contributed by atoms with Crippen molar-refractivity contribution < 1.29 is 18.7 Å². The molecule has 6 heteroatoms. The molecule has 0 bridgehead atoms. The van der Waals surface area contributed by atoms with Crippen LogP contribution in [0.4, 0.5) is 14.9 Å². The van der Waals surface area contributed by atoms with Gasteiger partial charge in [0.2, 0.25) is 0 Å². The number of benzene rings is 1. The van der Waals surface area contributed by atoms with E-state index in [1.165, 1.54) is 18.2 Å². The number of amides is 2. The van der Waals surface area contributed by atoms with Gasteiger partial charge in [0.15, 0.2) is 0 Å². The summed E-state index contributed by atoms with van der Waals surface area (Å²) in [5.41, 5.74) is 0.0775. The van der Waals surface area contributed by atoms with Gasteiger partial charge in [-0.25, -0.2) is 9.18 Å². The van der Waals surface area contributed by atoms with E-state index in [-0.39, 0.29) is 12.3 Å². The molecule has 0 radical (unpaired) electrons. The molecular weight excluding hydrogens is 215 g/mol. The molecule has 2 rings (SSSR count). The molecule has 16 heavy (non-hydrogen) atoms. The SMILES string of the molecule is O=C1NC(C(=O)Nc2ccccc2F)CO1. The summed E-state index contributed by atoms with van der Waals surface area (Å²) in [6.45, 7) is -0.0425. The highest BCUT2D eigenvalue weighted by molar-refractivity contribution is 5.97. The molecule has 1 heterocycles. The van der Waals surface area contributed by atoms with Crippen LogP contribution in [0.2, 0.25) is 0 Å². The number of alkyl carbamates (subject to hydrolysis) is 1. The predicted molar refractivity (Wildman–Crippen MR) is 53.3 cm³/mol. The van der Waals surface area contributed by atoms with Crippen LogP contribution in [-0.2, 0) is 9.53 Å². The van der Waals surface area contributed by atoms with Crippen LogP contribution in [-0.4, -0.2) is 24.6 Å². The van der Waals surface area contributed by atoms with Gasteiger partial charge in [-0.05, 0) is 12.1 Å². The summed E-state index contributed by atoms with van der Waals surface area (Å²) >= 11 is 0. The number of cyclic esters (lactones) is 1. The summed E-state index contributed by atoms with van der Waals surface area (Å²) in [6.07, 6.45) is -0.645. The van der Waals surface area contributed by atoms with Crippen LogP contribution in [0.1, 0.15) is 0 Å². The number of para-hydroxylation sites is 1. The number of nitrogens with one attached hydrogen (secondary N) is 2. The molecule has 5 nitrogen and oxygen atoms in total. The van der Waals surface area contributed by atoms with Gasteiger partial charge in [-0.3, -0.25) is 4.79 Å². The summed E-state index contributed by atoms with van der Waals surface area (Å²) in [6, 6.07) is 5.02. The quantitative estimate of drug-likeness (QED) is 0.783. The molecule has 1 fully saturated rings. The zero-order valence-electron chi connectivity index (χ0n) is 8.20. The van der Waals surface area contributed by atoms with Crippen LogP contribution < -0.4 is 10.6 Å². The second kappa shape index (κ2) is 4.18. The van der Waals surface area contributed by atoms with Crippen molar-refractivity contribution in [3.05, 3.63) is 30.1 Å². The maximum Gasteiger partial charge on any atom is 0.407 e. The molecule has 0 aliphatic carbocycles. The van der Waals surface area contributed by atoms with Gasteiger partial charge in [-0.1, -0.05) is 12.1 Å². The summed E-state index contributed by atoms with van der Waals surface area (Å²) in [5, 5.41) is 4.66. The van der Waals surface area contributed by atoms with E-state index in [2.05, 4.69) is 15.4 Å². The molecule has 2 N–H and O–H groups in total. The van der Waals surface area contributed by atoms with Crippen LogP contribution in [0, 0.1) is 5.82 Å². The monoisotopic (exact) mass is 224 g/mol. The highest BCUT2D eigenvalue weighted by atomic mass is 19.1. The lowest BCUT2D eigenvalue weighted by molar-refractivity contribution is -0.117. The number of ether oxygens (including phenoxy) is 1. The van der Waals surface area contributed by atoms with Crippen LogP contribution in [0.25, 0.3) is 0 Å². The van der Waals surface area contributed by atoms with E-state index in [0.717, 1.165) is 0 Å². The standard InChI is InChI=1S/C10H9FN2O3/c11-6-3-1-2-4-7(6)12-9(14)8-5-16-10(15)13-8/h1-4,8H,5H2,(H,12,14)(H,13,15). The lowest BCUT2D eigenvalue weighted by atomic mass is 10.2. The first-order valence-electron chi connectivity index (χ1n) is 4.65. The van der Waals surface area contributed by atoms with Gasteiger partial charge in [-0.2, -0.15) is 0 Å². The number of carbonyl (C=O) groups excluding carboxylic acids is 2. The highest BCUT2D eigenvalue weighted by Gasteiger charge is 2.29. The molecule has 0 aromatic heterocycles. The van der Waals surface area contributed by atoms with Crippen LogP contribution in [0.5, 0.6) is 0 Å². The Labute approximate surface area is 90.6 Å². The molecule has 0 spiro atoms. The van der Waals surface area contributed by atoms with Gasteiger partial charge in [-0.15, -0.1) is 0 Å². The Morgan fingerprint density at radius 2 is 2.25 bits per heavy atom. The lowest BCUT2D eigenvalue weighted by Crippen LogP contribution is -2.38. The van der Waals surface area contributed by atoms with Crippen LogP contribution in [0.15, 0.2) is 24.3 Å². The number of halogens is 1. The number of hydrogen-bond acceptors (Lipinski definition) is 3. The first-order valence-corrected chi connectivity index (χ1v) is 4.65. The largest absolute Gasteiger partial charge is 0.447 e. The normalized spacial score (nSPS) is 18.8. The van der Waals surface area contributed by atoms with E-state index in [4.69, 9.17) is 0 Å². The summed E-state index contributed by atoms with van der Waals surface area (Å²) < 4.78 is 17.7. The summed E-state index contributed by atoms with van der Waals surface area (Å²) in [5.74, 6) is -1.03. The van der Waals surface area contributed by atoms with E-state index in [1.807, 2.05) is 0 Å². The maximum atomic E-state index is 13.2. The fraction of sp³-hybridized carbons (Fsp3) is 0.200. The Balaban J connectivity index is 2.03. The van der Waals surface area contributed by atoms with E-state index < -0.39 is 23.9 Å². The maximum absolute atomic E-state index is 13.2. The highest BCUT2D eigenvalue weighted by Crippen LogP contribution is 2.13.